The third-order valence-electron chi connectivity index (χ3n) is 2.31. The van der Waals surface area contributed by atoms with Crippen molar-refractivity contribution in [1.29, 1.82) is 0 Å². The normalized spacial score (nSPS) is 10.4. The van der Waals surface area contributed by atoms with Crippen LogP contribution in [0.1, 0.15) is 38.2 Å². The molecule has 0 heterocycles. The summed E-state index contributed by atoms with van der Waals surface area (Å²) in [6.07, 6.45) is 5.32. The number of benzene rings is 1. The quantitative estimate of drug-likeness (QED) is 0.651. The van der Waals surface area contributed by atoms with Crippen LogP contribution in [-0.4, -0.2) is 6.54 Å². The first-order chi connectivity index (χ1) is 6.93. The molecule has 0 aliphatic carbocycles. The Balaban J connectivity index is 1.99. The Bertz CT molecular complexity index is 218. The van der Waals surface area contributed by atoms with Crippen molar-refractivity contribution in [3.63, 3.8) is 0 Å². The van der Waals surface area contributed by atoms with Crippen molar-refractivity contribution in [3.05, 3.63) is 35.9 Å². The maximum absolute atomic E-state index is 3.44. The van der Waals surface area contributed by atoms with E-state index in [1.54, 1.807) is 0 Å². The Morgan fingerprint density at radius 2 is 2.21 bits per heavy atom. The van der Waals surface area contributed by atoms with Gasteiger partial charge in [0, 0.05) is 6.54 Å². The lowest BCUT2D eigenvalue weighted by Crippen LogP contribution is -2.14. The Labute approximate surface area is 87.5 Å². The molecule has 14 heavy (non-hydrogen) atoms. The van der Waals surface area contributed by atoms with E-state index in [2.05, 4.69) is 24.4 Å². The van der Waals surface area contributed by atoms with E-state index in [1.807, 2.05) is 18.2 Å². The molecule has 1 heteroatoms. The molecule has 0 bridgehead atoms. The van der Waals surface area contributed by atoms with E-state index in [0.29, 0.717) is 0 Å². The largest absolute Gasteiger partial charge is 0.313 e. The molecule has 0 amide bonds. The molecule has 0 aromatic heterocycles. The van der Waals surface area contributed by atoms with Crippen molar-refractivity contribution >= 4 is 0 Å². The first-order valence-corrected chi connectivity index (χ1v) is 5.59. The number of nitrogens with one attached hydrogen (secondary N) is 1. The second-order valence-corrected chi connectivity index (χ2v) is 3.65. The van der Waals surface area contributed by atoms with Gasteiger partial charge in [0.15, 0.2) is 0 Å². The SMILES string of the molecule is CCCCCCNCc1c[c]ccc1. The lowest BCUT2D eigenvalue weighted by molar-refractivity contribution is 0.598. The molecule has 77 valence electrons. The van der Waals surface area contributed by atoms with Gasteiger partial charge in [0.2, 0.25) is 0 Å². The molecule has 0 saturated heterocycles. The van der Waals surface area contributed by atoms with Crippen molar-refractivity contribution in [2.75, 3.05) is 6.54 Å². The van der Waals surface area contributed by atoms with E-state index in [9.17, 15) is 0 Å². The number of unbranched alkanes of at least 4 members (excludes halogenated alkanes) is 3. The third kappa shape index (κ3) is 5.03. The first-order valence-electron chi connectivity index (χ1n) is 5.59. The van der Waals surface area contributed by atoms with Crippen LogP contribution >= 0.6 is 0 Å². The van der Waals surface area contributed by atoms with E-state index >= 15 is 0 Å². The minimum absolute atomic E-state index is 0.976. The summed E-state index contributed by atoms with van der Waals surface area (Å²) in [7, 11) is 0. The minimum atomic E-state index is 0.976. The van der Waals surface area contributed by atoms with Crippen LogP contribution in [-0.2, 0) is 6.54 Å². The molecular formula is C13H20N. The van der Waals surface area contributed by atoms with Crippen LogP contribution < -0.4 is 5.32 Å². The maximum Gasteiger partial charge on any atom is 0.0205 e. The highest BCUT2D eigenvalue weighted by Gasteiger charge is 1.90. The van der Waals surface area contributed by atoms with Crippen molar-refractivity contribution < 1.29 is 0 Å². The lowest BCUT2D eigenvalue weighted by Gasteiger charge is -2.03. The fourth-order valence-electron chi connectivity index (χ4n) is 1.45. The molecule has 1 rings (SSSR count). The van der Waals surface area contributed by atoms with Crippen LogP contribution in [0.2, 0.25) is 0 Å². The van der Waals surface area contributed by atoms with Gasteiger partial charge in [0.1, 0.15) is 0 Å². The van der Waals surface area contributed by atoms with Crippen molar-refractivity contribution in [2.24, 2.45) is 0 Å². The van der Waals surface area contributed by atoms with Crippen LogP contribution in [0.5, 0.6) is 0 Å². The van der Waals surface area contributed by atoms with E-state index in [4.69, 9.17) is 0 Å². The summed E-state index contributed by atoms with van der Waals surface area (Å²) in [5.74, 6) is 0. The zero-order valence-electron chi connectivity index (χ0n) is 9.05. The molecule has 1 N–H and O–H groups in total. The summed E-state index contributed by atoms with van der Waals surface area (Å²) in [6.45, 7) is 4.35. The lowest BCUT2D eigenvalue weighted by atomic mass is 10.2. The third-order valence-corrected chi connectivity index (χ3v) is 2.31. The monoisotopic (exact) mass is 190 g/mol. The average Bonchev–Trinajstić information content (AvgIpc) is 2.25. The molecule has 1 nitrogen and oxygen atoms in total. The van der Waals surface area contributed by atoms with E-state index < -0.39 is 0 Å². The van der Waals surface area contributed by atoms with Gasteiger partial charge in [-0.25, -0.2) is 0 Å². The van der Waals surface area contributed by atoms with Gasteiger partial charge in [0.05, 0.1) is 0 Å². The van der Waals surface area contributed by atoms with Crippen LogP contribution in [0.3, 0.4) is 0 Å². The smallest absolute Gasteiger partial charge is 0.0205 e. The molecule has 1 aromatic carbocycles. The Morgan fingerprint density at radius 1 is 1.29 bits per heavy atom. The number of hydrogen-bond acceptors (Lipinski definition) is 1. The molecule has 0 atom stereocenters. The van der Waals surface area contributed by atoms with Crippen LogP contribution in [0, 0.1) is 6.07 Å². The zero-order chi connectivity index (χ0) is 10.1. The van der Waals surface area contributed by atoms with Crippen molar-refractivity contribution in [3.8, 4) is 0 Å². The van der Waals surface area contributed by atoms with Crippen LogP contribution in [0.25, 0.3) is 0 Å². The topological polar surface area (TPSA) is 12.0 Å². The molecule has 0 aliphatic rings. The van der Waals surface area contributed by atoms with E-state index in [0.717, 1.165) is 13.1 Å². The van der Waals surface area contributed by atoms with Gasteiger partial charge in [-0.1, -0.05) is 44.4 Å². The Morgan fingerprint density at radius 3 is 2.93 bits per heavy atom. The molecule has 0 saturated carbocycles. The highest BCUT2D eigenvalue weighted by molar-refractivity contribution is 5.13. The summed E-state index contributed by atoms with van der Waals surface area (Å²) >= 11 is 0. The van der Waals surface area contributed by atoms with E-state index in [1.165, 1.54) is 31.2 Å². The predicted molar refractivity (Wildman–Crippen MR) is 61.1 cm³/mol. The predicted octanol–water partition coefficient (Wildman–Crippen LogP) is 3.16. The van der Waals surface area contributed by atoms with Crippen molar-refractivity contribution in [1.82, 2.24) is 5.32 Å². The van der Waals surface area contributed by atoms with Gasteiger partial charge >= 0.3 is 0 Å². The van der Waals surface area contributed by atoms with Gasteiger partial charge in [-0.15, -0.1) is 0 Å². The number of rotatable bonds is 7. The molecule has 0 aliphatic heterocycles. The fourth-order valence-corrected chi connectivity index (χ4v) is 1.45. The highest BCUT2D eigenvalue weighted by atomic mass is 14.8. The van der Waals surface area contributed by atoms with Gasteiger partial charge in [-0.05, 0) is 30.7 Å². The molecule has 0 unspecified atom stereocenters. The number of hydrogen-bond donors (Lipinski definition) is 1. The van der Waals surface area contributed by atoms with Gasteiger partial charge in [0.25, 0.3) is 0 Å². The first kappa shape index (κ1) is 11.3. The second-order valence-electron chi connectivity index (χ2n) is 3.65. The molecule has 0 fully saturated rings. The molecule has 0 spiro atoms. The van der Waals surface area contributed by atoms with Gasteiger partial charge in [-0.3, -0.25) is 0 Å². The summed E-state index contributed by atoms with van der Waals surface area (Å²) in [4.78, 5) is 0. The molecule has 1 radical (unpaired) electrons. The Kier molecular flexibility index (Phi) is 6.09. The highest BCUT2D eigenvalue weighted by Crippen LogP contribution is 1.99. The summed E-state index contributed by atoms with van der Waals surface area (Å²) in [6, 6.07) is 11.2. The fraction of sp³-hybridized carbons (Fsp3) is 0.538. The maximum atomic E-state index is 3.44. The molecule has 1 aromatic rings. The average molecular weight is 190 g/mol. The summed E-state index contributed by atoms with van der Waals surface area (Å²) in [5, 5.41) is 3.44. The van der Waals surface area contributed by atoms with E-state index in [-0.39, 0.29) is 0 Å². The minimum Gasteiger partial charge on any atom is -0.313 e. The zero-order valence-corrected chi connectivity index (χ0v) is 9.05. The summed E-state index contributed by atoms with van der Waals surface area (Å²) < 4.78 is 0. The second kappa shape index (κ2) is 7.57. The Hall–Kier alpha value is -0.820. The van der Waals surface area contributed by atoms with Crippen molar-refractivity contribution in [2.45, 2.75) is 39.2 Å². The summed E-state index contributed by atoms with van der Waals surface area (Å²) in [5.41, 5.74) is 1.32. The van der Waals surface area contributed by atoms with Gasteiger partial charge in [-0.2, -0.15) is 0 Å². The standard InChI is InChI=1S/C13H20N/c1-2-3-4-8-11-14-12-13-9-6-5-7-10-13/h5-6,9-10,14H,2-4,8,11-12H2,1H3. The van der Waals surface area contributed by atoms with Crippen LogP contribution in [0.4, 0.5) is 0 Å². The van der Waals surface area contributed by atoms with Crippen LogP contribution in [0.15, 0.2) is 24.3 Å². The van der Waals surface area contributed by atoms with Gasteiger partial charge < -0.3 is 5.32 Å². The molecular weight excluding hydrogens is 170 g/mol.